The molecule has 0 atom stereocenters. The van der Waals surface area contributed by atoms with Crippen molar-refractivity contribution in [1.82, 2.24) is 0 Å². The van der Waals surface area contributed by atoms with Crippen LogP contribution in [0.2, 0.25) is 0 Å². The lowest BCUT2D eigenvalue weighted by atomic mass is 9.78. The second-order valence-electron chi connectivity index (χ2n) is 6.25. The second-order valence-corrected chi connectivity index (χ2v) is 6.25. The smallest absolute Gasteiger partial charge is 0.174 e. The van der Waals surface area contributed by atoms with E-state index in [0.717, 1.165) is 0 Å². The maximum Gasteiger partial charge on any atom is 0.174 e. The van der Waals surface area contributed by atoms with Crippen molar-refractivity contribution in [3.8, 4) is 0 Å². The van der Waals surface area contributed by atoms with Crippen molar-refractivity contribution in [2.45, 2.75) is 40.2 Å². The molecular formula is C19H26F2O2. The Hall–Kier alpha value is -1.90. The van der Waals surface area contributed by atoms with E-state index in [1.807, 2.05) is 13.8 Å². The quantitative estimate of drug-likeness (QED) is 0.479. The van der Waals surface area contributed by atoms with E-state index in [1.165, 1.54) is 19.2 Å². The van der Waals surface area contributed by atoms with Gasteiger partial charge in [0.2, 0.25) is 0 Å². The number of halogens is 2. The molecular weight excluding hydrogens is 298 g/mol. The molecule has 0 aliphatic carbocycles. The Kier molecular flexibility index (Phi) is 7.42. The van der Waals surface area contributed by atoms with Gasteiger partial charge in [0.25, 0.3) is 0 Å². The molecule has 1 rings (SSSR count). The van der Waals surface area contributed by atoms with Crippen LogP contribution in [0.15, 0.2) is 37.1 Å². The summed E-state index contributed by atoms with van der Waals surface area (Å²) in [5, 5.41) is 9.47. The molecule has 0 unspecified atom stereocenters. The number of benzene rings is 1. The van der Waals surface area contributed by atoms with Crippen molar-refractivity contribution >= 4 is 5.76 Å². The third kappa shape index (κ3) is 5.34. The fourth-order valence-electron chi connectivity index (χ4n) is 1.38. The number of hydrogen-bond donors (Lipinski definition) is 1. The molecule has 1 N–H and O–H groups in total. The molecule has 1 aromatic carbocycles. The van der Waals surface area contributed by atoms with Crippen LogP contribution in [0.1, 0.15) is 38.8 Å². The summed E-state index contributed by atoms with van der Waals surface area (Å²) < 4.78 is 31.5. The fraction of sp³-hybridized carbons (Fsp3) is 0.421. The van der Waals surface area contributed by atoms with Crippen molar-refractivity contribution in [3.05, 3.63) is 59.9 Å². The molecule has 4 heteroatoms. The number of rotatable bonds is 4. The molecule has 0 saturated heterocycles. The number of methoxy groups -OCH3 is 1. The molecule has 0 bridgehead atoms. The van der Waals surface area contributed by atoms with Gasteiger partial charge in [0, 0.05) is 5.41 Å². The number of hydrogen-bond acceptors (Lipinski definition) is 2. The van der Waals surface area contributed by atoms with E-state index in [4.69, 9.17) is 4.74 Å². The van der Waals surface area contributed by atoms with Gasteiger partial charge in [0.05, 0.1) is 18.3 Å². The van der Waals surface area contributed by atoms with Crippen molar-refractivity contribution in [3.63, 3.8) is 0 Å². The van der Waals surface area contributed by atoms with E-state index in [-0.39, 0.29) is 16.7 Å². The maximum absolute atomic E-state index is 13.5. The topological polar surface area (TPSA) is 29.5 Å². The van der Waals surface area contributed by atoms with Crippen LogP contribution < -0.4 is 0 Å². The van der Waals surface area contributed by atoms with Crippen LogP contribution in [-0.2, 0) is 4.74 Å². The van der Waals surface area contributed by atoms with Gasteiger partial charge in [-0.2, -0.15) is 0 Å². The van der Waals surface area contributed by atoms with Crippen LogP contribution in [0.25, 0.3) is 5.76 Å². The summed E-state index contributed by atoms with van der Waals surface area (Å²) in [6.07, 6.45) is 1.77. The van der Waals surface area contributed by atoms with Gasteiger partial charge in [-0.1, -0.05) is 38.3 Å². The monoisotopic (exact) mass is 324 g/mol. The fourth-order valence-corrected chi connectivity index (χ4v) is 1.38. The molecule has 23 heavy (non-hydrogen) atoms. The Bertz CT molecular complexity index is 605. The summed E-state index contributed by atoms with van der Waals surface area (Å²) in [6, 6.07) is 2.55. The molecule has 0 saturated carbocycles. The minimum Gasteiger partial charge on any atom is -0.488 e. The molecule has 0 radical (unpaired) electrons. The van der Waals surface area contributed by atoms with Crippen LogP contribution in [-0.4, -0.2) is 17.8 Å². The summed E-state index contributed by atoms with van der Waals surface area (Å²) in [7, 11) is 1.31. The normalized spacial score (nSPS) is 11.0. The average molecular weight is 324 g/mol. The van der Waals surface area contributed by atoms with Crippen LogP contribution in [0.3, 0.4) is 0 Å². The summed E-state index contributed by atoms with van der Waals surface area (Å²) in [4.78, 5) is 0. The van der Waals surface area contributed by atoms with E-state index in [1.54, 1.807) is 26.8 Å². The molecule has 0 heterocycles. The van der Waals surface area contributed by atoms with E-state index in [0.29, 0.717) is 5.56 Å². The molecule has 0 spiro atoms. The zero-order chi connectivity index (χ0) is 18.4. The third-order valence-electron chi connectivity index (χ3n) is 3.96. The predicted octanol–water partition coefficient (Wildman–Crippen LogP) is 5.01. The van der Waals surface area contributed by atoms with Gasteiger partial charge in [-0.25, -0.2) is 8.78 Å². The summed E-state index contributed by atoms with van der Waals surface area (Å²) in [6.45, 7) is 16.0. The molecule has 0 fully saturated rings. The van der Waals surface area contributed by atoms with Gasteiger partial charge in [-0.3, -0.25) is 0 Å². The standard InChI is InChI=1S/C11H10F2O.C8H16O/c1-4-9(14-3)10-8(12)6-5-7(2)11(10)13;1-6-7(2,3)8(4,5)9/h5-6H,1H2,2-3H3;6,9H,1H2,2-5H3. The molecule has 1 aromatic rings. The summed E-state index contributed by atoms with van der Waals surface area (Å²) >= 11 is 0. The highest BCUT2D eigenvalue weighted by atomic mass is 19.1. The summed E-state index contributed by atoms with van der Waals surface area (Å²) in [5.41, 5.74) is 1.60. The minimum atomic E-state index is -0.680. The lowest BCUT2D eigenvalue weighted by Crippen LogP contribution is -2.36. The second kappa shape index (κ2) is 8.09. The van der Waals surface area contributed by atoms with Crippen LogP contribution >= 0.6 is 0 Å². The molecule has 0 aliphatic heterocycles. The first-order valence-electron chi connectivity index (χ1n) is 7.18. The minimum absolute atomic E-state index is 0.0244. The Morgan fingerprint density at radius 1 is 1.26 bits per heavy atom. The van der Waals surface area contributed by atoms with Crippen molar-refractivity contribution in [2.75, 3.05) is 7.11 Å². The van der Waals surface area contributed by atoms with Gasteiger partial charge in [0.15, 0.2) is 5.76 Å². The number of aliphatic hydroxyl groups is 1. The number of ether oxygens (including phenoxy) is 1. The van der Waals surface area contributed by atoms with Crippen LogP contribution in [0.4, 0.5) is 8.78 Å². The summed E-state index contributed by atoms with van der Waals surface area (Å²) in [5.74, 6) is -1.34. The van der Waals surface area contributed by atoms with Gasteiger partial charge < -0.3 is 9.84 Å². The average Bonchev–Trinajstić information content (AvgIpc) is 2.47. The van der Waals surface area contributed by atoms with E-state index in [2.05, 4.69) is 18.9 Å². The molecule has 0 aromatic heterocycles. The van der Waals surface area contributed by atoms with Gasteiger partial charge in [0.1, 0.15) is 11.6 Å². The Balaban J connectivity index is 0.000000468. The highest BCUT2D eigenvalue weighted by Crippen LogP contribution is 2.30. The van der Waals surface area contributed by atoms with Gasteiger partial charge in [-0.05, 0) is 32.4 Å². The first-order valence-corrected chi connectivity index (χ1v) is 7.18. The van der Waals surface area contributed by atoms with Gasteiger partial charge >= 0.3 is 0 Å². The first-order chi connectivity index (χ1) is 10.4. The highest BCUT2D eigenvalue weighted by Gasteiger charge is 2.31. The highest BCUT2D eigenvalue weighted by molar-refractivity contribution is 5.60. The lowest BCUT2D eigenvalue weighted by Gasteiger charge is -2.34. The largest absolute Gasteiger partial charge is 0.488 e. The first kappa shape index (κ1) is 21.1. The molecule has 0 amide bonds. The molecule has 128 valence electrons. The third-order valence-corrected chi connectivity index (χ3v) is 3.96. The Morgan fingerprint density at radius 2 is 1.78 bits per heavy atom. The van der Waals surface area contributed by atoms with E-state index < -0.39 is 17.2 Å². The van der Waals surface area contributed by atoms with Crippen LogP contribution in [0, 0.1) is 24.0 Å². The molecule has 0 aliphatic rings. The Labute approximate surface area is 137 Å². The van der Waals surface area contributed by atoms with E-state index >= 15 is 0 Å². The predicted molar refractivity (Wildman–Crippen MR) is 90.9 cm³/mol. The van der Waals surface area contributed by atoms with Crippen LogP contribution in [0.5, 0.6) is 0 Å². The van der Waals surface area contributed by atoms with Crippen molar-refractivity contribution in [2.24, 2.45) is 5.41 Å². The zero-order valence-electron chi connectivity index (χ0n) is 14.8. The van der Waals surface area contributed by atoms with Gasteiger partial charge in [-0.15, -0.1) is 6.58 Å². The zero-order valence-corrected chi connectivity index (χ0v) is 14.8. The number of aryl methyl sites for hydroxylation is 1. The molecule has 2 nitrogen and oxygen atoms in total. The van der Waals surface area contributed by atoms with Crippen molar-refractivity contribution in [1.29, 1.82) is 0 Å². The van der Waals surface area contributed by atoms with E-state index in [9.17, 15) is 13.9 Å². The van der Waals surface area contributed by atoms with Crippen molar-refractivity contribution < 1.29 is 18.6 Å². The maximum atomic E-state index is 13.5. The SMILES string of the molecule is C=C=C(OC)c1c(F)ccc(C)c1F.C=CC(C)(C)C(C)(C)O. The Morgan fingerprint density at radius 3 is 2.09 bits per heavy atom. The lowest BCUT2D eigenvalue weighted by molar-refractivity contribution is -0.00719.